The molecule has 1 aromatic rings. The third kappa shape index (κ3) is 4.84. The van der Waals surface area contributed by atoms with Crippen LogP contribution in [-0.2, 0) is 10.8 Å². The van der Waals surface area contributed by atoms with E-state index in [1.54, 1.807) is 36.6 Å². The van der Waals surface area contributed by atoms with Gasteiger partial charge in [0.15, 0.2) is 0 Å². The van der Waals surface area contributed by atoms with E-state index in [2.05, 4.69) is 11.9 Å². The van der Waals surface area contributed by atoms with E-state index in [4.69, 9.17) is 5.11 Å². The molecule has 0 aliphatic heterocycles. The first-order valence-corrected chi connectivity index (χ1v) is 7.35. The number of benzene rings is 1. The zero-order valence-electron chi connectivity index (χ0n) is 10.8. The summed E-state index contributed by atoms with van der Waals surface area (Å²) in [6, 6.07) is 6.53. The van der Waals surface area contributed by atoms with Crippen LogP contribution in [0.5, 0.6) is 0 Å². The summed E-state index contributed by atoms with van der Waals surface area (Å²) in [6.45, 7) is 4.04. The molecule has 6 heteroatoms. The van der Waals surface area contributed by atoms with Crippen LogP contribution in [0.4, 0.5) is 10.5 Å². The zero-order chi connectivity index (χ0) is 14.3. The lowest BCUT2D eigenvalue weighted by Crippen LogP contribution is -2.37. The van der Waals surface area contributed by atoms with Gasteiger partial charge in [0.2, 0.25) is 0 Å². The van der Waals surface area contributed by atoms with Gasteiger partial charge in [0.25, 0.3) is 0 Å². The Kier molecular flexibility index (Phi) is 6.24. The highest BCUT2D eigenvalue weighted by Gasteiger charge is 2.11. The molecule has 5 nitrogen and oxygen atoms in total. The van der Waals surface area contributed by atoms with E-state index in [9.17, 15) is 9.00 Å². The third-order valence-electron chi connectivity index (χ3n) is 2.42. The van der Waals surface area contributed by atoms with E-state index in [1.807, 2.05) is 0 Å². The van der Waals surface area contributed by atoms with Gasteiger partial charge in [0, 0.05) is 40.7 Å². The van der Waals surface area contributed by atoms with E-state index >= 15 is 0 Å². The lowest BCUT2D eigenvalue weighted by molar-refractivity contribution is 0.195. The van der Waals surface area contributed by atoms with Crippen LogP contribution in [0, 0.1) is 0 Å². The summed E-state index contributed by atoms with van der Waals surface area (Å²) in [5.41, 5.74) is 0.574. The normalized spacial score (nSPS) is 11.7. The number of anilines is 1. The molecule has 0 spiro atoms. The monoisotopic (exact) mass is 282 g/mol. The van der Waals surface area contributed by atoms with Crippen molar-refractivity contribution in [3.63, 3.8) is 0 Å². The van der Waals surface area contributed by atoms with Crippen molar-refractivity contribution >= 4 is 22.5 Å². The van der Waals surface area contributed by atoms with Crippen molar-refractivity contribution in [2.24, 2.45) is 0 Å². The minimum absolute atomic E-state index is 0.111. The standard InChI is InChI=1S/C13H18N2O3S/c1-3-7-15(8-9-16)13(17)14-11-5-4-6-12(10-11)19(2)18/h3-6,10,16H,1,7-9H2,2H3,(H,14,17). The van der Waals surface area contributed by atoms with Crippen LogP contribution in [0.2, 0.25) is 0 Å². The van der Waals surface area contributed by atoms with Gasteiger partial charge in [-0.05, 0) is 18.2 Å². The van der Waals surface area contributed by atoms with Crippen molar-refractivity contribution in [1.82, 2.24) is 4.90 Å². The topological polar surface area (TPSA) is 69.6 Å². The van der Waals surface area contributed by atoms with Gasteiger partial charge < -0.3 is 15.3 Å². The smallest absolute Gasteiger partial charge is 0.322 e. The van der Waals surface area contributed by atoms with E-state index in [0.717, 1.165) is 0 Å². The van der Waals surface area contributed by atoms with Gasteiger partial charge in [-0.1, -0.05) is 12.1 Å². The first-order chi connectivity index (χ1) is 9.08. The molecule has 1 aromatic carbocycles. The number of aliphatic hydroxyl groups excluding tert-OH is 1. The van der Waals surface area contributed by atoms with Gasteiger partial charge in [-0.25, -0.2) is 4.79 Å². The van der Waals surface area contributed by atoms with Gasteiger partial charge in [0.1, 0.15) is 0 Å². The molecule has 0 saturated carbocycles. The average molecular weight is 282 g/mol. The highest BCUT2D eigenvalue weighted by molar-refractivity contribution is 7.84. The van der Waals surface area contributed by atoms with Crippen molar-refractivity contribution in [2.75, 3.05) is 31.3 Å². The van der Waals surface area contributed by atoms with Gasteiger partial charge in [-0.2, -0.15) is 0 Å². The van der Waals surface area contributed by atoms with E-state index in [-0.39, 0.29) is 19.2 Å². The first-order valence-electron chi connectivity index (χ1n) is 5.79. The fraction of sp³-hybridized carbons (Fsp3) is 0.308. The van der Waals surface area contributed by atoms with Gasteiger partial charge in [-0.3, -0.25) is 4.21 Å². The largest absolute Gasteiger partial charge is 0.395 e. The quantitative estimate of drug-likeness (QED) is 0.776. The number of carbonyl (C=O) groups excluding carboxylic acids is 1. The molecule has 0 aliphatic rings. The first kappa shape index (κ1) is 15.4. The summed E-state index contributed by atoms with van der Waals surface area (Å²) >= 11 is 0. The number of aliphatic hydroxyl groups is 1. The summed E-state index contributed by atoms with van der Waals surface area (Å²) in [5, 5.41) is 11.6. The summed E-state index contributed by atoms with van der Waals surface area (Å²) in [7, 11) is -1.09. The summed E-state index contributed by atoms with van der Waals surface area (Å²) in [4.78, 5) is 14.0. The second-order valence-corrected chi connectivity index (χ2v) is 5.25. The van der Waals surface area contributed by atoms with Crippen molar-refractivity contribution in [2.45, 2.75) is 4.90 Å². The number of amides is 2. The van der Waals surface area contributed by atoms with E-state index in [0.29, 0.717) is 17.1 Å². The molecular formula is C13H18N2O3S. The highest BCUT2D eigenvalue weighted by atomic mass is 32.2. The maximum absolute atomic E-state index is 12.0. The Labute approximate surface area is 115 Å². The molecule has 0 aromatic heterocycles. The summed E-state index contributed by atoms with van der Waals surface area (Å²) in [6.07, 6.45) is 3.17. The van der Waals surface area contributed by atoms with Crippen molar-refractivity contribution in [1.29, 1.82) is 0 Å². The van der Waals surface area contributed by atoms with Crippen molar-refractivity contribution in [3.8, 4) is 0 Å². The molecule has 1 unspecified atom stereocenters. The molecule has 1 atom stereocenters. The Morgan fingerprint density at radius 3 is 2.89 bits per heavy atom. The lowest BCUT2D eigenvalue weighted by atomic mass is 10.3. The average Bonchev–Trinajstić information content (AvgIpc) is 2.38. The molecule has 0 radical (unpaired) electrons. The number of nitrogens with one attached hydrogen (secondary N) is 1. The number of hydrogen-bond donors (Lipinski definition) is 2. The number of hydrogen-bond acceptors (Lipinski definition) is 3. The summed E-state index contributed by atoms with van der Waals surface area (Å²) in [5.74, 6) is 0. The Balaban J connectivity index is 2.77. The van der Waals surface area contributed by atoms with Crippen LogP contribution in [0.25, 0.3) is 0 Å². The maximum Gasteiger partial charge on any atom is 0.322 e. The van der Waals surface area contributed by atoms with Gasteiger partial charge >= 0.3 is 6.03 Å². The molecule has 2 N–H and O–H groups in total. The van der Waals surface area contributed by atoms with Crippen LogP contribution >= 0.6 is 0 Å². The lowest BCUT2D eigenvalue weighted by Gasteiger charge is -2.20. The fourth-order valence-electron chi connectivity index (χ4n) is 1.51. The van der Waals surface area contributed by atoms with Crippen LogP contribution in [-0.4, -0.2) is 46.2 Å². The molecule has 0 saturated heterocycles. The SMILES string of the molecule is C=CCN(CCO)C(=O)Nc1cccc(S(C)=O)c1. The molecule has 0 heterocycles. The maximum atomic E-state index is 12.0. The molecule has 19 heavy (non-hydrogen) atoms. The van der Waals surface area contributed by atoms with E-state index in [1.165, 1.54) is 4.90 Å². The second kappa shape index (κ2) is 7.70. The van der Waals surface area contributed by atoms with Crippen molar-refractivity contribution in [3.05, 3.63) is 36.9 Å². The minimum atomic E-state index is -1.09. The molecule has 0 aliphatic carbocycles. The number of nitrogens with zero attached hydrogens (tertiary/aromatic N) is 1. The Morgan fingerprint density at radius 2 is 2.32 bits per heavy atom. The van der Waals surface area contributed by atoms with E-state index < -0.39 is 10.8 Å². The molecule has 0 fully saturated rings. The zero-order valence-corrected chi connectivity index (χ0v) is 11.7. The third-order valence-corrected chi connectivity index (χ3v) is 3.34. The van der Waals surface area contributed by atoms with Gasteiger partial charge in [-0.15, -0.1) is 6.58 Å². The molecule has 2 amide bonds. The number of urea groups is 1. The predicted molar refractivity (Wildman–Crippen MR) is 76.6 cm³/mol. The van der Waals surface area contributed by atoms with Crippen LogP contribution in [0.3, 0.4) is 0 Å². The predicted octanol–water partition coefficient (Wildman–Crippen LogP) is 1.44. The minimum Gasteiger partial charge on any atom is -0.395 e. The van der Waals surface area contributed by atoms with Crippen LogP contribution in [0.1, 0.15) is 0 Å². The molecule has 104 valence electrons. The fourth-order valence-corrected chi connectivity index (χ4v) is 2.07. The van der Waals surface area contributed by atoms with Crippen LogP contribution < -0.4 is 5.32 Å². The number of carbonyl (C=O) groups is 1. The van der Waals surface area contributed by atoms with Crippen LogP contribution in [0.15, 0.2) is 41.8 Å². The number of rotatable bonds is 6. The molecule has 0 bridgehead atoms. The Bertz CT molecular complexity index is 477. The second-order valence-electron chi connectivity index (χ2n) is 3.87. The van der Waals surface area contributed by atoms with Crippen molar-refractivity contribution < 1.29 is 14.1 Å². The molecule has 1 rings (SSSR count). The highest BCUT2D eigenvalue weighted by Crippen LogP contribution is 2.13. The summed E-state index contributed by atoms with van der Waals surface area (Å²) < 4.78 is 11.4. The van der Waals surface area contributed by atoms with Gasteiger partial charge in [0.05, 0.1) is 6.61 Å². The molecular weight excluding hydrogens is 264 g/mol. The Hall–Kier alpha value is -1.66. The Morgan fingerprint density at radius 1 is 1.58 bits per heavy atom.